The number of furan rings is 1. The van der Waals surface area contributed by atoms with Gasteiger partial charge in [0, 0.05) is 0 Å². The molecule has 0 fully saturated rings. The van der Waals surface area contributed by atoms with Crippen LogP contribution in [0.3, 0.4) is 0 Å². The molecule has 0 unspecified atom stereocenters. The van der Waals surface area contributed by atoms with Crippen LogP contribution in [0.25, 0.3) is 0 Å². The first-order valence-corrected chi connectivity index (χ1v) is 2.83. The van der Waals surface area contributed by atoms with Gasteiger partial charge in [0.15, 0.2) is 0 Å². The number of rotatable bonds is 1. The van der Waals surface area contributed by atoms with Crippen molar-refractivity contribution in [1.29, 1.82) is 5.26 Å². The fourth-order valence-electron chi connectivity index (χ4n) is 0.363. The van der Waals surface area contributed by atoms with Crippen LogP contribution in [0.5, 0.6) is 0 Å². The molecule has 0 atom stereocenters. The summed E-state index contributed by atoms with van der Waals surface area (Å²) in [6.45, 7) is 0. The molecule has 0 N–H and O–H groups in total. The fraction of sp³-hybridized carbons (Fsp3) is 0. The number of thiocyanates is 1. The molecular weight excluding hydrogens is 122 g/mol. The van der Waals surface area contributed by atoms with E-state index in [1.54, 1.807) is 12.3 Å². The van der Waals surface area contributed by atoms with Gasteiger partial charge < -0.3 is 4.42 Å². The Morgan fingerprint density at radius 2 is 2.62 bits per heavy atom. The van der Waals surface area contributed by atoms with Gasteiger partial charge in [-0.25, -0.2) is 0 Å². The Bertz CT molecular complexity index is 187. The van der Waals surface area contributed by atoms with Crippen molar-refractivity contribution in [2.24, 2.45) is 0 Å². The van der Waals surface area contributed by atoms with Crippen molar-refractivity contribution < 1.29 is 4.42 Å². The van der Waals surface area contributed by atoms with E-state index in [1.165, 1.54) is 6.26 Å². The van der Waals surface area contributed by atoms with Gasteiger partial charge in [0.2, 0.25) is 0 Å². The summed E-state index contributed by atoms with van der Waals surface area (Å²) in [5, 5.41) is 10.0. The van der Waals surface area contributed by atoms with Crippen molar-refractivity contribution in [3.05, 3.63) is 18.6 Å². The molecule has 0 bridgehead atoms. The van der Waals surface area contributed by atoms with Crippen LogP contribution in [0.1, 0.15) is 0 Å². The summed E-state index contributed by atoms with van der Waals surface area (Å²) in [5.74, 6) is 0. The van der Waals surface area contributed by atoms with Crippen LogP contribution in [0.2, 0.25) is 0 Å². The third kappa shape index (κ3) is 1.04. The molecule has 0 aliphatic heterocycles. The summed E-state index contributed by atoms with van der Waals surface area (Å²) < 4.78 is 4.70. The smallest absolute Gasteiger partial charge is 0.138 e. The molecule has 8 heavy (non-hydrogen) atoms. The van der Waals surface area contributed by atoms with Crippen LogP contribution >= 0.6 is 11.8 Å². The topological polar surface area (TPSA) is 36.9 Å². The van der Waals surface area contributed by atoms with Crippen molar-refractivity contribution in [1.82, 2.24) is 0 Å². The second kappa shape index (κ2) is 2.43. The summed E-state index contributed by atoms with van der Waals surface area (Å²) in [6.07, 6.45) is 3.08. The molecule has 0 spiro atoms. The normalized spacial score (nSPS) is 8.38. The van der Waals surface area contributed by atoms with E-state index in [0.717, 1.165) is 16.7 Å². The number of hydrogen-bond acceptors (Lipinski definition) is 3. The van der Waals surface area contributed by atoms with Crippen LogP contribution < -0.4 is 0 Å². The van der Waals surface area contributed by atoms with Crippen molar-refractivity contribution in [3.63, 3.8) is 0 Å². The molecular formula is C5H3NOS. The summed E-state index contributed by atoms with van der Waals surface area (Å²) in [6, 6.07) is 1.74. The maximum Gasteiger partial charge on any atom is 0.138 e. The third-order valence-corrected chi connectivity index (χ3v) is 1.22. The minimum absolute atomic E-state index is 0.854. The van der Waals surface area contributed by atoms with Crippen molar-refractivity contribution in [2.75, 3.05) is 0 Å². The van der Waals surface area contributed by atoms with Crippen molar-refractivity contribution in [2.45, 2.75) is 4.90 Å². The molecule has 0 radical (unpaired) electrons. The van der Waals surface area contributed by atoms with Crippen LogP contribution in [0.4, 0.5) is 0 Å². The molecule has 0 amide bonds. The molecule has 3 heteroatoms. The van der Waals surface area contributed by atoms with Crippen LogP contribution in [0.15, 0.2) is 27.9 Å². The maximum atomic E-state index is 8.11. The SMILES string of the molecule is N#CSc1ccoc1. The minimum Gasteiger partial charge on any atom is -0.471 e. The molecule has 2 nitrogen and oxygen atoms in total. The minimum atomic E-state index is 0.854. The Morgan fingerprint density at radius 3 is 3.12 bits per heavy atom. The summed E-state index contributed by atoms with van der Waals surface area (Å²) in [7, 11) is 0. The molecule has 0 saturated heterocycles. The molecule has 1 heterocycles. The molecule has 0 saturated carbocycles. The van der Waals surface area contributed by atoms with E-state index in [0.29, 0.717) is 0 Å². The van der Waals surface area contributed by atoms with Gasteiger partial charge in [-0.1, -0.05) is 0 Å². The molecule has 40 valence electrons. The molecule has 0 aromatic carbocycles. The van der Waals surface area contributed by atoms with Gasteiger partial charge in [-0.3, -0.25) is 0 Å². The number of nitriles is 1. The summed E-state index contributed by atoms with van der Waals surface area (Å²) in [5.41, 5.74) is 0. The van der Waals surface area contributed by atoms with E-state index >= 15 is 0 Å². The van der Waals surface area contributed by atoms with Crippen LogP contribution in [0, 0.1) is 10.7 Å². The van der Waals surface area contributed by atoms with E-state index in [4.69, 9.17) is 9.68 Å². The quantitative estimate of drug-likeness (QED) is 0.424. The first kappa shape index (κ1) is 5.26. The Balaban J connectivity index is 2.67. The van der Waals surface area contributed by atoms with Crippen molar-refractivity contribution in [3.8, 4) is 5.40 Å². The number of hydrogen-bond donors (Lipinski definition) is 0. The maximum absolute atomic E-state index is 8.11. The van der Waals surface area contributed by atoms with E-state index < -0.39 is 0 Å². The first-order valence-electron chi connectivity index (χ1n) is 2.01. The second-order valence-corrected chi connectivity index (χ2v) is 2.01. The predicted octanol–water partition coefficient (Wildman–Crippen LogP) is 1.85. The Kier molecular flexibility index (Phi) is 1.60. The highest BCUT2D eigenvalue weighted by Crippen LogP contribution is 2.15. The van der Waals surface area contributed by atoms with Crippen LogP contribution in [-0.2, 0) is 0 Å². The average molecular weight is 125 g/mol. The predicted molar refractivity (Wildman–Crippen MR) is 30.2 cm³/mol. The van der Waals surface area contributed by atoms with Crippen LogP contribution in [-0.4, -0.2) is 0 Å². The van der Waals surface area contributed by atoms with E-state index in [1.807, 2.05) is 5.40 Å². The highest BCUT2D eigenvalue weighted by Gasteiger charge is 1.89. The first-order chi connectivity index (χ1) is 3.93. The molecule has 1 aromatic rings. The fourth-order valence-corrected chi connectivity index (χ4v) is 0.695. The lowest BCUT2D eigenvalue weighted by Crippen LogP contribution is -1.50. The third-order valence-electron chi connectivity index (χ3n) is 0.659. The van der Waals surface area contributed by atoms with Gasteiger partial charge in [-0.15, -0.1) is 0 Å². The lowest BCUT2D eigenvalue weighted by Gasteiger charge is -1.73. The Morgan fingerprint density at radius 1 is 1.75 bits per heavy atom. The zero-order valence-corrected chi connectivity index (χ0v) is 4.81. The number of nitrogens with zero attached hydrogens (tertiary/aromatic N) is 1. The zero-order chi connectivity index (χ0) is 5.82. The molecule has 0 aliphatic rings. The van der Waals surface area contributed by atoms with Gasteiger partial charge in [0.05, 0.1) is 11.2 Å². The largest absolute Gasteiger partial charge is 0.471 e. The molecule has 1 rings (SSSR count). The van der Waals surface area contributed by atoms with Gasteiger partial charge in [0.1, 0.15) is 11.7 Å². The van der Waals surface area contributed by atoms with Gasteiger partial charge in [0.25, 0.3) is 0 Å². The number of thioether (sulfide) groups is 1. The second-order valence-electron chi connectivity index (χ2n) is 1.15. The average Bonchev–Trinajstić information content (AvgIpc) is 2.19. The van der Waals surface area contributed by atoms with E-state index in [2.05, 4.69) is 0 Å². The Hall–Kier alpha value is -0.880. The summed E-state index contributed by atoms with van der Waals surface area (Å²) in [4.78, 5) is 0.854. The monoisotopic (exact) mass is 125 g/mol. The molecule has 0 aliphatic carbocycles. The highest BCUT2D eigenvalue weighted by atomic mass is 32.2. The standard InChI is InChI=1S/C5H3NOS/c6-4-8-5-1-2-7-3-5/h1-3H. The highest BCUT2D eigenvalue weighted by molar-refractivity contribution is 8.03. The van der Waals surface area contributed by atoms with Gasteiger partial charge in [-0.2, -0.15) is 5.26 Å². The zero-order valence-electron chi connectivity index (χ0n) is 4.00. The van der Waals surface area contributed by atoms with Crippen molar-refractivity contribution >= 4 is 11.8 Å². The van der Waals surface area contributed by atoms with E-state index in [-0.39, 0.29) is 0 Å². The summed E-state index contributed by atoms with van der Waals surface area (Å²) >= 11 is 1.09. The Labute approximate surface area is 51.1 Å². The lowest BCUT2D eigenvalue weighted by atomic mass is 10.7. The van der Waals surface area contributed by atoms with Gasteiger partial charge >= 0.3 is 0 Å². The van der Waals surface area contributed by atoms with E-state index in [9.17, 15) is 0 Å². The molecule has 1 aromatic heterocycles. The van der Waals surface area contributed by atoms with Gasteiger partial charge in [-0.05, 0) is 17.8 Å². The lowest BCUT2D eigenvalue weighted by molar-refractivity contribution is 0.562.